The molecule has 0 amide bonds. The molecule has 0 spiro atoms. The molecule has 1 aliphatic rings. The second kappa shape index (κ2) is 3.71. The van der Waals surface area contributed by atoms with Crippen molar-refractivity contribution in [3.63, 3.8) is 0 Å². The Morgan fingerprint density at radius 3 is 2.67 bits per heavy atom. The van der Waals surface area contributed by atoms with Gasteiger partial charge in [-0.2, -0.15) is 0 Å². The standard InChI is InChI=1S/C12H17BrN2/c1-12(2,8-3-4-8)15-11-7-9(13)5-6-10(11)14/h5-8,15H,3-4,14H2,1-2H3. The Bertz CT molecular complexity index is 370. The first-order chi connectivity index (χ1) is 6.99. The number of nitrogens with one attached hydrogen (secondary N) is 1. The SMILES string of the molecule is CC(C)(Nc1cc(Br)ccc1N)C1CC1. The van der Waals surface area contributed by atoms with Gasteiger partial charge in [0.25, 0.3) is 0 Å². The van der Waals surface area contributed by atoms with Crippen molar-refractivity contribution in [2.75, 3.05) is 11.1 Å². The number of hydrogen-bond donors (Lipinski definition) is 2. The normalized spacial score (nSPS) is 16.5. The minimum absolute atomic E-state index is 0.148. The molecular formula is C12H17BrN2. The van der Waals surface area contributed by atoms with Crippen LogP contribution in [0.1, 0.15) is 26.7 Å². The van der Waals surface area contributed by atoms with E-state index in [2.05, 4.69) is 35.1 Å². The minimum atomic E-state index is 0.148. The van der Waals surface area contributed by atoms with E-state index < -0.39 is 0 Å². The molecule has 1 fully saturated rings. The molecule has 15 heavy (non-hydrogen) atoms. The molecule has 2 rings (SSSR count). The largest absolute Gasteiger partial charge is 0.397 e. The molecule has 0 heterocycles. The van der Waals surface area contributed by atoms with Crippen molar-refractivity contribution in [3.8, 4) is 0 Å². The maximum absolute atomic E-state index is 5.93. The summed E-state index contributed by atoms with van der Waals surface area (Å²) < 4.78 is 1.06. The van der Waals surface area contributed by atoms with Crippen LogP contribution in [0.4, 0.5) is 11.4 Å². The summed E-state index contributed by atoms with van der Waals surface area (Å²) in [5, 5.41) is 3.53. The number of benzene rings is 1. The highest BCUT2D eigenvalue weighted by Crippen LogP contribution is 2.42. The molecule has 2 nitrogen and oxygen atoms in total. The van der Waals surface area contributed by atoms with E-state index in [1.54, 1.807) is 0 Å². The molecule has 0 radical (unpaired) electrons. The molecule has 1 aliphatic carbocycles. The van der Waals surface area contributed by atoms with Crippen LogP contribution in [0.15, 0.2) is 22.7 Å². The molecule has 1 aromatic carbocycles. The van der Waals surface area contributed by atoms with E-state index in [0.29, 0.717) is 0 Å². The summed E-state index contributed by atoms with van der Waals surface area (Å²) in [4.78, 5) is 0. The number of nitrogen functional groups attached to an aromatic ring is 1. The van der Waals surface area contributed by atoms with Crippen LogP contribution in [-0.4, -0.2) is 5.54 Å². The molecule has 0 aromatic heterocycles. The summed E-state index contributed by atoms with van der Waals surface area (Å²) in [6.07, 6.45) is 2.65. The van der Waals surface area contributed by atoms with Crippen molar-refractivity contribution in [2.24, 2.45) is 5.92 Å². The van der Waals surface area contributed by atoms with Crippen molar-refractivity contribution < 1.29 is 0 Å². The van der Waals surface area contributed by atoms with Crippen molar-refractivity contribution in [1.82, 2.24) is 0 Å². The summed E-state index contributed by atoms with van der Waals surface area (Å²) in [7, 11) is 0. The van der Waals surface area contributed by atoms with E-state index in [9.17, 15) is 0 Å². The van der Waals surface area contributed by atoms with E-state index in [-0.39, 0.29) is 5.54 Å². The van der Waals surface area contributed by atoms with Crippen LogP contribution in [0.3, 0.4) is 0 Å². The zero-order chi connectivity index (χ0) is 11.1. The Morgan fingerprint density at radius 2 is 2.07 bits per heavy atom. The number of halogens is 1. The zero-order valence-electron chi connectivity index (χ0n) is 9.18. The average molecular weight is 269 g/mol. The predicted molar refractivity (Wildman–Crippen MR) is 69.0 cm³/mol. The lowest BCUT2D eigenvalue weighted by atomic mass is 9.98. The fourth-order valence-corrected chi connectivity index (χ4v) is 2.25. The van der Waals surface area contributed by atoms with Gasteiger partial charge < -0.3 is 11.1 Å². The third kappa shape index (κ3) is 2.46. The number of hydrogen-bond acceptors (Lipinski definition) is 2. The quantitative estimate of drug-likeness (QED) is 0.822. The molecule has 0 bridgehead atoms. The highest BCUT2D eigenvalue weighted by Gasteiger charge is 2.37. The summed E-state index contributed by atoms with van der Waals surface area (Å²) in [6.45, 7) is 4.48. The van der Waals surface area contributed by atoms with Crippen LogP contribution in [0.25, 0.3) is 0 Å². The van der Waals surface area contributed by atoms with E-state index >= 15 is 0 Å². The first kappa shape index (κ1) is 10.8. The summed E-state index contributed by atoms with van der Waals surface area (Å²) in [5.41, 5.74) is 7.92. The zero-order valence-corrected chi connectivity index (χ0v) is 10.8. The maximum atomic E-state index is 5.93. The van der Waals surface area contributed by atoms with Crippen LogP contribution in [0.5, 0.6) is 0 Å². The van der Waals surface area contributed by atoms with Crippen LogP contribution in [0, 0.1) is 5.92 Å². The molecule has 3 N–H and O–H groups in total. The van der Waals surface area contributed by atoms with Crippen LogP contribution in [0.2, 0.25) is 0 Å². The minimum Gasteiger partial charge on any atom is -0.397 e. The number of rotatable bonds is 3. The maximum Gasteiger partial charge on any atom is 0.0589 e. The topological polar surface area (TPSA) is 38.0 Å². The Balaban J connectivity index is 2.19. The van der Waals surface area contributed by atoms with Gasteiger partial charge >= 0.3 is 0 Å². The highest BCUT2D eigenvalue weighted by molar-refractivity contribution is 9.10. The highest BCUT2D eigenvalue weighted by atomic mass is 79.9. The first-order valence-corrected chi connectivity index (χ1v) is 6.11. The second-order valence-corrected chi connectivity index (χ2v) is 5.77. The summed E-state index contributed by atoms with van der Waals surface area (Å²) >= 11 is 3.46. The van der Waals surface area contributed by atoms with Crippen LogP contribution < -0.4 is 11.1 Å². The van der Waals surface area contributed by atoms with Gasteiger partial charge in [0.15, 0.2) is 0 Å². The monoisotopic (exact) mass is 268 g/mol. The van der Waals surface area contributed by atoms with Gasteiger partial charge in [-0.15, -0.1) is 0 Å². The van der Waals surface area contributed by atoms with Gasteiger partial charge in [0.05, 0.1) is 11.4 Å². The van der Waals surface area contributed by atoms with Crippen LogP contribution >= 0.6 is 15.9 Å². The summed E-state index contributed by atoms with van der Waals surface area (Å²) in [5.74, 6) is 0.788. The van der Waals surface area contributed by atoms with Gasteiger partial charge in [-0.1, -0.05) is 15.9 Å². The average Bonchev–Trinajstić information content (AvgIpc) is 2.93. The van der Waals surface area contributed by atoms with Gasteiger partial charge in [-0.3, -0.25) is 0 Å². The fourth-order valence-electron chi connectivity index (χ4n) is 1.89. The lowest BCUT2D eigenvalue weighted by molar-refractivity contribution is 0.495. The molecule has 0 atom stereocenters. The van der Waals surface area contributed by atoms with Crippen molar-refractivity contribution in [3.05, 3.63) is 22.7 Å². The summed E-state index contributed by atoms with van der Waals surface area (Å²) in [6, 6.07) is 5.93. The lowest BCUT2D eigenvalue weighted by Gasteiger charge is -2.28. The van der Waals surface area contributed by atoms with Crippen molar-refractivity contribution in [2.45, 2.75) is 32.2 Å². The van der Waals surface area contributed by atoms with E-state index in [0.717, 1.165) is 21.8 Å². The van der Waals surface area contributed by atoms with Gasteiger partial charge in [0.1, 0.15) is 0 Å². The van der Waals surface area contributed by atoms with E-state index in [1.807, 2.05) is 18.2 Å². The molecule has 0 aliphatic heterocycles. The van der Waals surface area contributed by atoms with Crippen molar-refractivity contribution >= 4 is 27.3 Å². The van der Waals surface area contributed by atoms with E-state index in [1.165, 1.54) is 12.8 Å². The number of nitrogens with two attached hydrogens (primary N) is 1. The fraction of sp³-hybridized carbons (Fsp3) is 0.500. The van der Waals surface area contributed by atoms with Gasteiger partial charge in [0, 0.05) is 10.0 Å². The molecule has 1 saturated carbocycles. The number of anilines is 2. The molecule has 0 unspecified atom stereocenters. The Morgan fingerprint density at radius 1 is 1.40 bits per heavy atom. The third-order valence-electron chi connectivity index (χ3n) is 3.07. The van der Waals surface area contributed by atoms with Gasteiger partial charge in [-0.25, -0.2) is 0 Å². The van der Waals surface area contributed by atoms with E-state index in [4.69, 9.17) is 5.73 Å². The molecule has 82 valence electrons. The second-order valence-electron chi connectivity index (χ2n) is 4.85. The molecular weight excluding hydrogens is 252 g/mol. The Labute approximate surface area is 99.4 Å². The van der Waals surface area contributed by atoms with Gasteiger partial charge in [-0.05, 0) is 50.8 Å². The Kier molecular flexibility index (Phi) is 2.67. The van der Waals surface area contributed by atoms with Crippen LogP contribution in [-0.2, 0) is 0 Å². The first-order valence-electron chi connectivity index (χ1n) is 5.32. The smallest absolute Gasteiger partial charge is 0.0589 e. The predicted octanol–water partition coefficient (Wildman–Crippen LogP) is 3.63. The molecule has 0 saturated heterocycles. The van der Waals surface area contributed by atoms with Crippen molar-refractivity contribution in [1.29, 1.82) is 0 Å². The third-order valence-corrected chi connectivity index (χ3v) is 3.56. The lowest BCUT2D eigenvalue weighted by Crippen LogP contribution is -2.33. The molecule has 1 aromatic rings. The van der Waals surface area contributed by atoms with Gasteiger partial charge in [0.2, 0.25) is 0 Å². The molecule has 3 heteroatoms. The Hall–Kier alpha value is -0.700.